The van der Waals surface area contributed by atoms with Crippen LogP contribution in [0.15, 0.2) is 41.2 Å². The van der Waals surface area contributed by atoms with Crippen LogP contribution in [0.2, 0.25) is 0 Å². The van der Waals surface area contributed by atoms with Crippen molar-refractivity contribution in [1.82, 2.24) is 9.47 Å². The van der Waals surface area contributed by atoms with E-state index in [4.69, 9.17) is 0 Å². The van der Waals surface area contributed by atoms with E-state index < -0.39 is 0 Å². The molecular formula is C19H26N2O2. The quantitative estimate of drug-likeness (QED) is 0.942. The zero-order valence-electron chi connectivity index (χ0n) is 14.6. The normalized spacial score (nSPS) is 11.9. The zero-order chi connectivity index (χ0) is 17.2. The van der Waals surface area contributed by atoms with E-state index in [1.807, 2.05) is 36.7 Å². The molecule has 4 nitrogen and oxygen atoms in total. The van der Waals surface area contributed by atoms with E-state index in [9.17, 15) is 9.90 Å². The molecule has 0 saturated heterocycles. The molecule has 1 aromatic heterocycles. The fraction of sp³-hybridized carbons (Fsp3) is 0.421. The Morgan fingerprint density at radius 2 is 1.74 bits per heavy atom. The van der Waals surface area contributed by atoms with Gasteiger partial charge < -0.3 is 9.67 Å². The summed E-state index contributed by atoms with van der Waals surface area (Å²) in [6, 6.07) is 11.7. The number of benzene rings is 1. The van der Waals surface area contributed by atoms with Gasteiger partial charge in [-0.25, -0.2) is 0 Å². The fourth-order valence-corrected chi connectivity index (χ4v) is 3.07. The topological polar surface area (TPSA) is 45.5 Å². The number of pyridine rings is 1. The third kappa shape index (κ3) is 4.02. The van der Waals surface area contributed by atoms with E-state index in [-0.39, 0.29) is 16.7 Å². The van der Waals surface area contributed by atoms with E-state index >= 15 is 0 Å². The van der Waals surface area contributed by atoms with Gasteiger partial charge in [0.1, 0.15) is 0 Å². The number of aromatic nitrogens is 1. The van der Waals surface area contributed by atoms with Crippen LogP contribution in [0.25, 0.3) is 0 Å². The van der Waals surface area contributed by atoms with Crippen molar-refractivity contribution in [1.29, 1.82) is 0 Å². The number of aryl methyl sites for hydroxylation is 1. The highest BCUT2D eigenvalue weighted by Gasteiger charge is 2.22. The van der Waals surface area contributed by atoms with Crippen LogP contribution in [0.3, 0.4) is 0 Å². The molecule has 0 unspecified atom stereocenters. The average molecular weight is 314 g/mol. The molecule has 4 heteroatoms. The summed E-state index contributed by atoms with van der Waals surface area (Å²) in [5.41, 5.74) is 2.21. The van der Waals surface area contributed by atoms with Gasteiger partial charge in [-0.2, -0.15) is 0 Å². The van der Waals surface area contributed by atoms with Crippen molar-refractivity contribution in [3.63, 3.8) is 0 Å². The van der Waals surface area contributed by atoms with Gasteiger partial charge in [0.2, 0.25) is 5.43 Å². The van der Waals surface area contributed by atoms with Crippen molar-refractivity contribution < 1.29 is 5.11 Å². The Balaban J connectivity index is 2.37. The van der Waals surface area contributed by atoms with E-state index in [1.54, 1.807) is 0 Å². The molecule has 0 spiro atoms. The molecule has 23 heavy (non-hydrogen) atoms. The molecule has 0 fully saturated rings. The summed E-state index contributed by atoms with van der Waals surface area (Å²) in [4.78, 5) is 14.1. The third-order valence-corrected chi connectivity index (χ3v) is 3.86. The van der Waals surface area contributed by atoms with E-state index in [2.05, 4.69) is 37.8 Å². The highest BCUT2D eigenvalue weighted by atomic mass is 16.3. The largest absolute Gasteiger partial charge is 0.503 e. The van der Waals surface area contributed by atoms with Crippen LogP contribution in [-0.4, -0.2) is 21.6 Å². The van der Waals surface area contributed by atoms with Crippen molar-refractivity contribution in [3.8, 4) is 5.75 Å². The molecule has 1 aromatic carbocycles. The van der Waals surface area contributed by atoms with Gasteiger partial charge in [0.15, 0.2) is 5.75 Å². The monoisotopic (exact) mass is 314 g/mol. The number of rotatable bonds is 4. The van der Waals surface area contributed by atoms with E-state index in [0.717, 1.165) is 12.2 Å². The first-order chi connectivity index (χ1) is 10.7. The van der Waals surface area contributed by atoms with Crippen molar-refractivity contribution in [2.45, 2.75) is 46.3 Å². The summed E-state index contributed by atoms with van der Waals surface area (Å²) in [7, 11) is 1.99. The molecule has 0 amide bonds. The van der Waals surface area contributed by atoms with Crippen LogP contribution in [0.1, 0.15) is 37.7 Å². The van der Waals surface area contributed by atoms with Gasteiger partial charge in [0, 0.05) is 30.4 Å². The van der Waals surface area contributed by atoms with Gasteiger partial charge in [-0.3, -0.25) is 9.69 Å². The van der Waals surface area contributed by atoms with Crippen LogP contribution in [-0.2, 0) is 18.6 Å². The molecular weight excluding hydrogens is 288 g/mol. The molecule has 124 valence electrons. The minimum absolute atomic E-state index is 0.148. The Hall–Kier alpha value is -2.07. The molecule has 1 N–H and O–H groups in total. The Bertz CT molecular complexity index is 728. The maximum atomic E-state index is 12.0. The van der Waals surface area contributed by atoms with Crippen molar-refractivity contribution >= 4 is 0 Å². The van der Waals surface area contributed by atoms with Gasteiger partial charge in [-0.05, 0) is 40.3 Å². The molecule has 2 aromatic rings. The fourth-order valence-electron chi connectivity index (χ4n) is 3.07. The number of nitrogens with zero attached hydrogens (tertiary/aromatic N) is 2. The first kappa shape index (κ1) is 17.3. The first-order valence-corrected chi connectivity index (χ1v) is 7.87. The van der Waals surface area contributed by atoms with E-state index in [0.29, 0.717) is 12.2 Å². The molecule has 0 bridgehead atoms. The Labute approximate surface area is 138 Å². The standard InChI is InChI=1S/C19H26N2O2/c1-14-11-17(22)18(23)16(21(14)19(2,3)4)13-20(5)12-15-9-7-6-8-10-15/h6-11,23H,12-13H2,1-5H3. The lowest BCUT2D eigenvalue weighted by Gasteiger charge is -2.31. The Morgan fingerprint density at radius 3 is 2.30 bits per heavy atom. The second kappa shape index (κ2) is 6.59. The number of aromatic hydroxyl groups is 1. The van der Waals surface area contributed by atoms with Gasteiger partial charge in [0.25, 0.3) is 0 Å². The summed E-state index contributed by atoms with van der Waals surface area (Å²) in [6.45, 7) is 9.40. The Kier molecular flexibility index (Phi) is 4.95. The van der Waals surface area contributed by atoms with Gasteiger partial charge >= 0.3 is 0 Å². The second-order valence-corrected chi connectivity index (χ2v) is 7.11. The molecule has 1 heterocycles. The summed E-state index contributed by atoms with van der Waals surface area (Å²) in [5.74, 6) is -0.148. The van der Waals surface area contributed by atoms with Crippen LogP contribution in [0, 0.1) is 6.92 Å². The zero-order valence-corrected chi connectivity index (χ0v) is 14.6. The lowest BCUT2D eigenvalue weighted by Crippen LogP contribution is -2.32. The molecule has 0 aliphatic heterocycles. The minimum atomic E-state index is -0.314. The van der Waals surface area contributed by atoms with Crippen LogP contribution < -0.4 is 5.43 Å². The summed E-state index contributed by atoms with van der Waals surface area (Å²) >= 11 is 0. The summed E-state index contributed by atoms with van der Waals surface area (Å²) in [5, 5.41) is 10.3. The molecule has 0 aliphatic rings. The van der Waals surface area contributed by atoms with E-state index in [1.165, 1.54) is 11.6 Å². The van der Waals surface area contributed by atoms with Crippen LogP contribution in [0.5, 0.6) is 5.75 Å². The Morgan fingerprint density at radius 1 is 1.13 bits per heavy atom. The minimum Gasteiger partial charge on any atom is -0.503 e. The molecule has 0 saturated carbocycles. The molecule has 2 rings (SSSR count). The van der Waals surface area contributed by atoms with Crippen molar-refractivity contribution in [2.75, 3.05) is 7.05 Å². The second-order valence-electron chi connectivity index (χ2n) is 7.11. The molecule has 0 aliphatic carbocycles. The maximum Gasteiger partial charge on any atom is 0.223 e. The summed E-state index contributed by atoms with van der Waals surface area (Å²) in [6.07, 6.45) is 0. The average Bonchev–Trinajstić information content (AvgIpc) is 2.44. The van der Waals surface area contributed by atoms with Crippen LogP contribution >= 0.6 is 0 Å². The van der Waals surface area contributed by atoms with Crippen LogP contribution in [0.4, 0.5) is 0 Å². The van der Waals surface area contributed by atoms with Crippen molar-refractivity contribution in [3.05, 3.63) is 63.6 Å². The maximum absolute atomic E-state index is 12.0. The molecule has 0 atom stereocenters. The lowest BCUT2D eigenvalue weighted by atomic mass is 10.0. The smallest absolute Gasteiger partial charge is 0.223 e. The summed E-state index contributed by atoms with van der Waals surface area (Å²) < 4.78 is 2.05. The highest BCUT2D eigenvalue weighted by Crippen LogP contribution is 2.25. The number of hydrogen-bond acceptors (Lipinski definition) is 3. The third-order valence-electron chi connectivity index (χ3n) is 3.86. The highest BCUT2D eigenvalue weighted by molar-refractivity contribution is 5.31. The predicted molar refractivity (Wildman–Crippen MR) is 93.7 cm³/mol. The van der Waals surface area contributed by atoms with Gasteiger partial charge in [-0.1, -0.05) is 30.3 Å². The lowest BCUT2D eigenvalue weighted by molar-refractivity contribution is 0.276. The van der Waals surface area contributed by atoms with Gasteiger partial charge in [0.05, 0.1) is 5.69 Å². The molecule has 0 radical (unpaired) electrons. The van der Waals surface area contributed by atoms with Gasteiger partial charge in [-0.15, -0.1) is 0 Å². The predicted octanol–water partition coefficient (Wildman–Crippen LogP) is 3.25. The first-order valence-electron chi connectivity index (χ1n) is 7.87. The SMILES string of the molecule is Cc1cc(=O)c(O)c(CN(C)Cc2ccccc2)n1C(C)(C)C. The van der Waals surface area contributed by atoms with Crippen molar-refractivity contribution in [2.24, 2.45) is 0 Å². The number of hydrogen-bond donors (Lipinski definition) is 1.